The number of rotatable bonds is 5. The predicted octanol–water partition coefficient (Wildman–Crippen LogP) is 2.02. The van der Waals surface area contributed by atoms with Gasteiger partial charge in [-0.25, -0.2) is 0 Å². The van der Waals surface area contributed by atoms with Gasteiger partial charge < -0.3 is 9.79 Å². The molecule has 4 heteroatoms. The number of aryl methyl sites for hydroxylation is 1. The minimum Gasteiger partial charge on any atom is -0.343 e. The average Bonchev–Trinajstić information content (AvgIpc) is 2.15. The average molecular weight is 227 g/mol. The van der Waals surface area contributed by atoms with Gasteiger partial charge in [0.05, 0.1) is 6.29 Å². The van der Waals surface area contributed by atoms with Crippen molar-refractivity contribution in [3.05, 3.63) is 35.9 Å². The van der Waals surface area contributed by atoms with E-state index in [0.29, 0.717) is 12.6 Å². The molecule has 0 aromatic heterocycles. The second-order valence-corrected chi connectivity index (χ2v) is 6.45. The third kappa shape index (κ3) is 5.12. The molecule has 1 aromatic carbocycles. The number of hydrogen-bond donors (Lipinski definition) is 1. The summed E-state index contributed by atoms with van der Waals surface area (Å²) >= 11 is 0. The van der Waals surface area contributed by atoms with Crippen LogP contribution in [0.3, 0.4) is 0 Å². The highest BCUT2D eigenvalue weighted by atomic mass is 31.2. The van der Waals surface area contributed by atoms with Crippen molar-refractivity contribution in [3.8, 4) is 0 Å². The van der Waals surface area contributed by atoms with Crippen LogP contribution in [0.1, 0.15) is 5.56 Å². The van der Waals surface area contributed by atoms with E-state index in [-0.39, 0.29) is 6.29 Å². The zero-order valence-corrected chi connectivity index (χ0v) is 10.2. The first-order chi connectivity index (χ1) is 6.99. The molecule has 0 spiro atoms. The van der Waals surface area contributed by atoms with Gasteiger partial charge in [0.25, 0.3) is 0 Å². The van der Waals surface area contributed by atoms with E-state index in [1.54, 1.807) is 4.90 Å². The quantitative estimate of drug-likeness (QED) is 0.782. The third-order valence-electron chi connectivity index (χ3n) is 2.10. The van der Waals surface area contributed by atoms with Gasteiger partial charge in [-0.1, -0.05) is 30.3 Å². The molecule has 0 aliphatic rings. The first-order valence-corrected chi connectivity index (χ1v) is 7.02. The summed E-state index contributed by atoms with van der Waals surface area (Å²) in [7, 11) is 0.634. The highest BCUT2D eigenvalue weighted by Crippen LogP contribution is 2.40. The van der Waals surface area contributed by atoms with E-state index >= 15 is 0 Å². The first kappa shape index (κ1) is 12.4. The normalized spacial score (nSPS) is 15.2. The van der Waals surface area contributed by atoms with E-state index in [1.165, 1.54) is 0 Å². The van der Waals surface area contributed by atoms with Crippen LogP contribution in [-0.2, 0) is 11.0 Å². The van der Waals surface area contributed by atoms with Crippen molar-refractivity contribution in [2.24, 2.45) is 0 Å². The van der Waals surface area contributed by atoms with Crippen molar-refractivity contribution >= 4 is 7.37 Å². The molecular formula is C11H18NO2P. The van der Waals surface area contributed by atoms with Crippen molar-refractivity contribution in [2.75, 3.05) is 26.5 Å². The van der Waals surface area contributed by atoms with Gasteiger partial charge in [-0.3, -0.25) is 4.57 Å². The Morgan fingerprint density at radius 3 is 2.40 bits per heavy atom. The van der Waals surface area contributed by atoms with Crippen LogP contribution in [0.15, 0.2) is 30.3 Å². The molecule has 0 saturated carbocycles. The van der Waals surface area contributed by atoms with Crippen LogP contribution < -0.4 is 0 Å². The molecule has 1 atom stereocenters. The maximum absolute atomic E-state index is 11.7. The summed E-state index contributed by atoms with van der Waals surface area (Å²) in [5.74, 6) is 0. The summed E-state index contributed by atoms with van der Waals surface area (Å²) in [6.45, 7) is 0. The van der Waals surface area contributed by atoms with Crippen LogP contribution in [0.5, 0.6) is 0 Å². The van der Waals surface area contributed by atoms with Crippen molar-refractivity contribution in [2.45, 2.75) is 6.42 Å². The van der Waals surface area contributed by atoms with Crippen molar-refractivity contribution in [3.63, 3.8) is 0 Å². The molecule has 84 valence electrons. The minimum atomic E-state index is -2.99. The first-order valence-electron chi connectivity index (χ1n) is 4.99. The van der Waals surface area contributed by atoms with E-state index in [2.05, 4.69) is 0 Å². The van der Waals surface area contributed by atoms with Gasteiger partial charge in [-0.05, 0) is 26.1 Å². The zero-order valence-electron chi connectivity index (χ0n) is 9.26. The molecule has 3 nitrogen and oxygen atoms in total. The van der Waals surface area contributed by atoms with Crippen LogP contribution >= 0.6 is 7.37 Å². The maximum Gasteiger partial charge on any atom is 0.214 e. The molecule has 0 fully saturated rings. The summed E-state index contributed by atoms with van der Waals surface area (Å²) in [5.41, 5.74) is 1.12. The molecule has 0 heterocycles. The number of benzene rings is 1. The van der Waals surface area contributed by atoms with Gasteiger partial charge >= 0.3 is 0 Å². The molecule has 1 unspecified atom stereocenters. The van der Waals surface area contributed by atoms with Crippen molar-refractivity contribution in [1.29, 1.82) is 0 Å². The molecule has 1 aromatic rings. The van der Waals surface area contributed by atoms with Gasteiger partial charge in [0.2, 0.25) is 7.37 Å². The predicted molar refractivity (Wildman–Crippen MR) is 63.4 cm³/mol. The summed E-state index contributed by atoms with van der Waals surface area (Å²) in [6.07, 6.45) is 1.29. The van der Waals surface area contributed by atoms with Crippen LogP contribution in [0.25, 0.3) is 0 Å². The Balaban J connectivity index is 2.46. The highest BCUT2D eigenvalue weighted by molar-refractivity contribution is 7.57. The standard InChI is InChI=1S/C11H18NO2P/c1-12(2)10-15(13,14)9-8-11-6-4-3-5-7-11/h3-7H,8-10H2,1-2H3,(H,13,14). The molecule has 1 rings (SSSR count). The molecule has 0 saturated heterocycles. The van der Waals surface area contributed by atoms with E-state index in [1.807, 2.05) is 44.4 Å². The van der Waals surface area contributed by atoms with Crippen LogP contribution in [-0.4, -0.2) is 36.3 Å². The van der Waals surface area contributed by atoms with Gasteiger partial charge in [0, 0.05) is 6.16 Å². The summed E-state index contributed by atoms with van der Waals surface area (Å²) < 4.78 is 11.7. The lowest BCUT2D eigenvalue weighted by Gasteiger charge is -2.16. The Morgan fingerprint density at radius 2 is 1.87 bits per heavy atom. The lowest BCUT2D eigenvalue weighted by molar-refractivity contribution is 0.414. The molecule has 0 radical (unpaired) electrons. The number of nitrogens with zero attached hydrogens (tertiary/aromatic N) is 1. The Kier molecular flexibility index (Phi) is 4.52. The monoisotopic (exact) mass is 227 g/mol. The van der Waals surface area contributed by atoms with E-state index in [0.717, 1.165) is 5.56 Å². The smallest absolute Gasteiger partial charge is 0.214 e. The van der Waals surface area contributed by atoms with Crippen molar-refractivity contribution < 1.29 is 9.46 Å². The van der Waals surface area contributed by atoms with Gasteiger partial charge in [-0.2, -0.15) is 0 Å². The van der Waals surface area contributed by atoms with E-state index in [4.69, 9.17) is 0 Å². The SMILES string of the molecule is CN(C)CP(=O)(O)CCc1ccccc1. The molecule has 15 heavy (non-hydrogen) atoms. The summed E-state index contributed by atoms with van der Waals surface area (Å²) in [4.78, 5) is 11.4. The van der Waals surface area contributed by atoms with Crippen LogP contribution in [0.4, 0.5) is 0 Å². The molecule has 0 bridgehead atoms. The summed E-state index contributed by atoms with van der Waals surface area (Å²) in [5, 5.41) is 0. The fourth-order valence-electron chi connectivity index (χ4n) is 1.46. The number of hydrogen-bond acceptors (Lipinski definition) is 2. The fraction of sp³-hybridized carbons (Fsp3) is 0.455. The Bertz CT molecular complexity index is 338. The van der Waals surface area contributed by atoms with E-state index < -0.39 is 7.37 Å². The lowest BCUT2D eigenvalue weighted by Crippen LogP contribution is -2.15. The van der Waals surface area contributed by atoms with Gasteiger partial charge in [0.1, 0.15) is 0 Å². The lowest BCUT2D eigenvalue weighted by atomic mass is 10.2. The third-order valence-corrected chi connectivity index (χ3v) is 4.03. The highest BCUT2D eigenvalue weighted by Gasteiger charge is 2.18. The van der Waals surface area contributed by atoms with Crippen LogP contribution in [0.2, 0.25) is 0 Å². The largest absolute Gasteiger partial charge is 0.343 e. The van der Waals surface area contributed by atoms with Gasteiger partial charge in [-0.15, -0.1) is 0 Å². The second-order valence-electron chi connectivity index (χ2n) is 4.03. The molecule has 0 aliphatic carbocycles. The van der Waals surface area contributed by atoms with Crippen LogP contribution in [0, 0.1) is 0 Å². The topological polar surface area (TPSA) is 40.5 Å². The molecule has 0 aliphatic heterocycles. The summed E-state index contributed by atoms with van der Waals surface area (Å²) in [6, 6.07) is 9.81. The zero-order chi connectivity index (χ0) is 11.3. The van der Waals surface area contributed by atoms with E-state index in [9.17, 15) is 9.46 Å². The fourth-order valence-corrected chi connectivity index (χ4v) is 3.09. The maximum atomic E-state index is 11.7. The van der Waals surface area contributed by atoms with Gasteiger partial charge in [0.15, 0.2) is 0 Å². The second kappa shape index (κ2) is 5.45. The Labute approximate surface area is 91.2 Å². The minimum absolute atomic E-state index is 0.264. The Hall–Kier alpha value is -0.630. The molecule has 0 amide bonds. The molecule has 1 N–H and O–H groups in total. The Morgan fingerprint density at radius 1 is 1.27 bits per heavy atom. The molecular weight excluding hydrogens is 209 g/mol. The van der Waals surface area contributed by atoms with Crippen molar-refractivity contribution in [1.82, 2.24) is 4.90 Å².